The second-order valence-corrected chi connectivity index (χ2v) is 6.00. The largest absolute Gasteiger partial charge is 0.335 e. The maximum atomic E-state index is 12.4. The maximum Gasteiger partial charge on any atom is 0.223 e. The van der Waals surface area contributed by atoms with Crippen LogP contribution in [0.3, 0.4) is 0 Å². The van der Waals surface area contributed by atoms with Gasteiger partial charge in [0.05, 0.1) is 17.4 Å². The monoisotopic (exact) mass is 250 g/mol. The Balaban J connectivity index is 2.71. The van der Waals surface area contributed by atoms with Crippen LogP contribution in [0.5, 0.6) is 0 Å². The lowest BCUT2D eigenvalue weighted by atomic mass is 10.1. The molecule has 17 heavy (non-hydrogen) atoms. The zero-order chi connectivity index (χ0) is 12.6. The number of hydrogen-bond acceptors (Lipinski definition) is 3. The van der Waals surface area contributed by atoms with Crippen molar-refractivity contribution in [1.29, 1.82) is 0 Å². The molecule has 0 fully saturated rings. The van der Waals surface area contributed by atoms with Crippen LogP contribution in [0.2, 0.25) is 0 Å². The number of aryl methyl sites for hydroxylation is 3. The molecule has 0 aliphatic rings. The molecule has 0 aliphatic carbocycles. The van der Waals surface area contributed by atoms with Crippen molar-refractivity contribution in [2.75, 3.05) is 0 Å². The second-order valence-electron chi connectivity index (χ2n) is 4.15. The van der Waals surface area contributed by atoms with Crippen molar-refractivity contribution in [3.63, 3.8) is 0 Å². The van der Waals surface area contributed by atoms with E-state index in [1.165, 1.54) is 12.5 Å². The first-order chi connectivity index (χ1) is 7.93. The summed E-state index contributed by atoms with van der Waals surface area (Å²) in [4.78, 5) is 6.77. The number of aromatic nitrogens is 2. The number of nitrogens with one attached hydrogen (secondary N) is 1. The number of aromatic amines is 1. The van der Waals surface area contributed by atoms with Crippen LogP contribution in [-0.2, 0) is 9.84 Å². The van der Waals surface area contributed by atoms with E-state index in [4.69, 9.17) is 0 Å². The van der Waals surface area contributed by atoms with E-state index in [9.17, 15) is 8.42 Å². The van der Waals surface area contributed by atoms with Crippen molar-refractivity contribution in [3.8, 4) is 0 Å². The van der Waals surface area contributed by atoms with Gasteiger partial charge in [-0.1, -0.05) is 17.7 Å². The van der Waals surface area contributed by atoms with Crippen LogP contribution in [-0.4, -0.2) is 18.4 Å². The Labute approximate surface area is 101 Å². The minimum absolute atomic E-state index is 0.132. The zero-order valence-corrected chi connectivity index (χ0v) is 10.8. The predicted molar refractivity (Wildman–Crippen MR) is 64.7 cm³/mol. The molecule has 1 N–H and O–H groups in total. The van der Waals surface area contributed by atoms with Gasteiger partial charge in [0.15, 0.2) is 5.03 Å². The summed E-state index contributed by atoms with van der Waals surface area (Å²) in [6.07, 6.45) is 2.69. The molecule has 1 aromatic carbocycles. The van der Waals surface area contributed by atoms with Gasteiger partial charge in [0, 0.05) is 0 Å². The van der Waals surface area contributed by atoms with Crippen molar-refractivity contribution in [2.45, 2.75) is 30.7 Å². The number of H-pyrrole nitrogens is 1. The summed E-state index contributed by atoms with van der Waals surface area (Å²) in [6, 6.07) is 3.74. The Morgan fingerprint density at radius 1 is 1.12 bits per heavy atom. The first-order valence-electron chi connectivity index (χ1n) is 5.24. The summed E-state index contributed by atoms with van der Waals surface area (Å²) < 4.78 is 24.8. The Morgan fingerprint density at radius 3 is 2.18 bits per heavy atom. The number of nitrogens with zero attached hydrogens (tertiary/aromatic N) is 1. The molecule has 5 heteroatoms. The Morgan fingerprint density at radius 2 is 1.71 bits per heavy atom. The molecule has 90 valence electrons. The van der Waals surface area contributed by atoms with Gasteiger partial charge in [-0.3, -0.25) is 0 Å². The third kappa shape index (κ3) is 1.98. The number of sulfone groups is 1. The van der Waals surface area contributed by atoms with Gasteiger partial charge in [0.2, 0.25) is 9.84 Å². The van der Waals surface area contributed by atoms with E-state index >= 15 is 0 Å². The van der Waals surface area contributed by atoms with Crippen LogP contribution in [0.15, 0.2) is 34.6 Å². The lowest BCUT2D eigenvalue weighted by Gasteiger charge is -2.10. The summed E-state index contributed by atoms with van der Waals surface area (Å²) in [5.41, 5.74) is 2.58. The number of benzene rings is 1. The minimum atomic E-state index is -3.49. The predicted octanol–water partition coefficient (Wildman–Crippen LogP) is 2.17. The van der Waals surface area contributed by atoms with Crippen molar-refractivity contribution < 1.29 is 8.42 Å². The first kappa shape index (κ1) is 11.9. The van der Waals surface area contributed by atoms with E-state index < -0.39 is 9.84 Å². The van der Waals surface area contributed by atoms with Gasteiger partial charge in [0.1, 0.15) is 0 Å². The summed E-state index contributed by atoms with van der Waals surface area (Å²) in [6.45, 7) is 5.57. The SMILES string of the molecule is Cc1cc(C)c(S(=O)(=O)c2cnc[nH]2)c(C)c1. The van der Waals surface area contributed by atoms with Crippen LogP contribution in [0, 0.1) is 20.8 Å². The summed E-state index contributed by atoms with van der Waals surface area (Å²) in [7, 11) is -3.49. The fourth-order valence-corrected chi connectivity index (χ4v) is 3.68. The van der Waals surface area contributed by atoms with E-state index in [2.05, 4.69) is 9.97 Å². The summed E-state index contributed by atoms with van der Waals surface area (Å²) in [5.74, 6) is 0. The van der Waals surface area contributed by atoms with Crippen molar-refractivity contribution in [2.24, 2.45) is 0 Å². The molecule has 2 aromatic rings. The molecule has 1 aromatic heterocycles. The van der Waals surface area contributed by atoms with E-state index in [0.717, 1.165) is 16.7 Å². The van der Waals surface area contributed by atoms with Gasteiger partial charge in [-0.25, -0.2) is 13.4 Å². The van der Waals surface area contributed by atoms with Gasteiger partial charge in [-0.2, -0.15) is 0 Å². The van der Waals surface area contributed by atoms with Gasteiger partial charge in [-0.05, 0) is 31.9 Å². The average molecular weight is 250 g/mol. The number of imidazole rings is 1. The van der Waals surface area contributed by atoms with Crippen molar-refractivity contribution in [1.82, 2.24) is 9.97 Å². The normalized spacial score (nSPS) is 11.7. The Hall–Kier alpha value is -1.62. The van der Waals surface area contributed by atoms with E-state index in [-0.39, 0.29) is 5.03 Å². The van der Waals surface area contributed by atoms with E-state index in [1.807, 2.05) is 32.9 Å². The highest BCUT2D eigenvalue weighted by atomic mass is 32.2. The van der Waals surface area contributed by atoms with Gasteiger partial charge in [-0.15, -0.1) is 0 Å². The molecular formula is C12H14N2O2S. The smallest absolute Gasteiger partial charge is 0.223 e. The minimum Gasteiger partial charge on any atom is -0.335 e. The highest BCUT2D eigenvalue weighted by Crippen LogP contribution is 2.26. The van der Waals surface area contributed by atoms with Crippen LogP contribution >= 0.6 is 0 Å². The topological polar surface area (TPSA) is 62.8 Å². The summed E-state index contributed by atoms with van der Waals surface area (Å²) >= 11 is 0. The number of rotatable bonds is 2. The molecule has 1 heterocycles. The van der Waals surface area contributed by atoms with Crippen LogP contribution < -0.4 is 0 Å². The van der Waals surface area contributed by atoms with Gasteiger partial charge < -0.3 is 4.98 Å². The summed E-state index contributed by atoms with van der Waals surface area (Å²) in [5, 5.41) is 0.132. The molecule has 0 atom stereocenters. The maximum absolute atomic E-state index is 12.4. The van der Waals surface area contributed by atoms with Crippen LogP contribution in [0.1, 0.15) is 16.7 Å². The average Bonchev–Trinajstić information content (AvgIpc) is 2.67. The Bertz CT molecular complexity index is 620. The number of hydrogen-bond donors (Lipinski definition) is 1. The Kier molecular flexibility index (Phi) is 2.79. The zero-order valence-electron chi connectivity index (χ0n) is 9.98. The molecule has 0 saturated heterocycles. The molecular weight excluding hydrogens is 236 g/mol. The molecule has 0 spiro atoms. The third-order valence-corrected chi connectivity index (χ3v) is 4.62. The molecule has 0 unspecified atom stereocenters. The van der Waals surface area contributed by atoms with Crippen LogP contribution in [0.4, 0.5) is 0 Å². The molecule has 2 rings (SSSR count). The van der Waals surface area contributed by atoms with Crippen molar-refractivity contribution >= 4 is 9.84 Å². The second kappa shape index (κ2) is 4.00. The fourth-order valence-electron chi connectivity index (χ4n) is 2.09. The highest BCUT2D eigenvalue weighted by Gasteiger charge is 2.23. The molecule has 0 aliphatic heterocycles. The van der Waals surface area contributed by atoms with E-state index in [0.29, 0.717) is 4.90 Å². The quantitative estimate of drug-likeness (QED) is 0.888. The van der Waals surface area contributed by atoms with Crippen molar-refractivity contribution in [3.05, 3.63) is 41.3 Å². The lowest BCUT2D eigenvalue weighted by Crippen LogP contribution is -2.07. The molecule has 0 saturated carbocycles. The first-order valence-corrected chi connectivity index (χ1v) is 6.72. The van der Waals surface area contributed by atoms with Gasteiger partial charge >= 0.3 is 0 Å². The lowest BCUT2D eigenvalue weighted by molar-refractivity contribution is 0.592. The molecule has 0 amide bonds. The highest BCUT2D eigenvalue weighted by molar-refractivity contribution is 7.91. The molecule has 4 nitrogen and oxygen atoms in total. The molecule has 0 radical (unpaired) electrons. The molecule has 0 bridgehead atoms. The third-order valence-electron chi connectivity index (χ3n) is 2.64. The standard InChI is InChI=1S/C12H14N2O2S/c1-8-4-9(2)12(10(3)5-8)17(15,16)11-6-13-7-14-11/h4-7H,1-3H3,(H,13,14). The van der Waals surface area contributed by atoms with Crippen LogP contribution in [0.25, 0.3) is 0 Å². The van der Waals surface area contributed by atoms with E-state index in [1.54, 1.807) is 0 Å². The van der Waals surface area contributed by atoms with Gasteiger partial charge in [0.25, 0.3) is 0 Å². The fraction of sp³-hybridized carbons (Fsp3) is 0.250.